The summed E-state index contributed by atoms with van der Waals surface area (Å²) < 4.78 is 27.6. The lowest BCUT2D eigenvalue weighted by Gasteiger charge is -2.22. The van der Waals surface area contributed by atoms with Crippen molar-refractivity contribution in [3.05, 3.63) is 24.3 Å². The molecule has 0 atom stereocenters. The maximum Gasteiger partial charge on any atom is 0.224 e. The van der Waals surface area contributed by atoms with E-state index in [2.05, 4.69) is 10.6 Å². The van der Waals surface area contributed by atoms with Gasteiger partial charge in [0, 0.05) is 24.4 Å². The third kappa shape index (κ3) is 7.31. The molecule has 0 unspecified atom stereocenters. The van der Waals surface area contributed by atoms with Crippen molar-refractivity contribution in [3.63, 3.8) is 0 Å². The lowest BCUT2D eigenvalue weighted by atomic mass is 9.93. The van der Waals surface area contributed by atoms with E-state index in [1.165, 1.54) is 6.26 Å². The molecule has 0 radical (unpaired) electrons. The fraction of sp³-hybridized carbons (Fsp3) is 0.588. The Bertz CT molecular complexity index is 640. The van der Waals surface area contributed by atoms with Gasteiger partial charge in [-0.2, -0.15) is 0 Å². The third-order valence-electron chi connectivity index (χ3n) is 4.08. The summed E-state index contributed by atoms with van der Waals surface area (Å²) in [5.74, 6) is 1.15. The fourth-order valence-corrected chi connectivity index (χ4v) is 3.09. The van der Waals surface area contributed by atoms with Crippen LogP contribution in [0.1, 0.15) is 25.7 Å². The van der Waals surface area contributed by atoms with Gasteiger partial charge in [0.1, 0.15) is 12.4 Å². The molecule has 134 valence electrons. The number of amides is 1. The number of benzene rings is 1. The molecule has 0 aromatic heterocycles. The van der Waals surface area contributed by atoms with E-state index in [-0.39, 0.29) is 18.3 Å². The van der Waals surface area contributed by atoms with Crippen LogP contribution in [0.25, 0.3) is 0 Å². The first-order valence-electron chi connectivity index (χ1n) is 8.33. The Hall–Kier alpha value is -1.60. The zero-order valence-electron chi connectivity index (χ0n) is 14.1. The number of piperidine rings is 1. The summed E-state index contributed by atoms with van der Waals surface area (Å²) in [6.45, 7) is 2.18. The predicted molar refractivity (Wildman–Crippen MR) is 95.1 cm³/mol. The molecular formula is C17H26N2O4S. The van der Waals surface area contributed by atoms with Crippen molar-refractivity contribution in [1.82, 2.24) is 5.32 Å². The van der Waals surface area contributed by atoms with Gasteiger partial charge < -0.3 is 15.4 Å². The topological polar surface area (TPSA) is 84.5 Å². The van der Waals surface area contributed by atoms with Crippen molar-refractivity contribution < 1.29 is 17.9 Å². The van der Waals surface area contributed by atoms with Gasteiger partial charge in [-0.1, -0.05) is 6.07 Å². The van der Waals surface area contributed by atoms with Gasteiger partial charge in [-0.15, -0.1) is 0 Å². The Morgan fingerprint density at radius 1 is 1.33 bits per heavy atom. The van der Waals surface area contributed by atoms with Crippen molar-refractivity contribution in [2.45, 2.75) is 25.7 Å². The van der Waals surface area contributed by atoms with E-state index in [0.29, 0.717) is 23.8 Å². The van der Waals surface area contributed by atoms with Crippen LogP contribution in [0, 0.1) is 5.92 Å². The van der Waals surface area contributed by atoms with Crippen LogP contribution in [0.4, 0.5) is 5.69 Å². The minimum atomic E-state index is -3.04. The summed E-state index contributed by atoms with van der Waals surface area (Å²) in [7, 11) is -3.04. The van der Waals surface area contributed by atoms with E-state index in [0.717, 1.165) is 32.4 Å². The Balaban J connectivity index is 1.76. The van der Waals surface area contributed by atoms with Gasteiger partial charge in [0.15, 0.2) is 9.84 Å². The van der Waals surface area contributed by atoms with Gasteiger partial charge in [-0.25, -0.2) is 8.42 Å². The van der Waals surface area contributed by atoms with Crippen LogP contribution in [0.15, 0.2) is 24.3 Å². The molecule has 2 rings (SSSR count). The molecule has 2 N–H and O–H groups in total. The number of rotatable bonds is 8. The second-order valence-electron chi connectivity index (χ2n) is 6.29. The summed E-state index contributed by atoms with van der Waals surface area (Å²) in [6, 6.07) is 7.03. The quantitative estimate of drug-likeness (QED) is 0.744. The van der Waals surface area contributed by atoms with Crippen LogP contribution >= 0.6 is 0 Å². The molecule has 1 fully saturated rings. The zero-order chi connectivity index (χ0) is 17.4. The number of sulfone groups is 1. The maximum atomic E-state index is 12.1. The van der Waals surface area contributed by atoms with E-state index >= 15 is 0 Å². The number of anilines is 1. The molecule has 1 aliphatic rings. The SMILES string of the molecule is CS(=O)(=O)CCOc1cccc(NC(=O)CCC2CCNCC2)c1. The molecule has 1 aromatic rings. The summed E-state index contributed by atoms with van der Waals surface area (Å²) in [5.41, 5.74) is 0.669. The summed E-state index contributed by atoms with van der Waals surface area (Å²) in [5, 5.41) is 6.20. The van der Waals surface area contributed by atoms with E-state index in [1.54, 1.807) is 24.3 Å². The smallest absolute Gasteiger partial charge is 0.224 e. The minimum Gasteiger partial charge on any atom is -0.492 e. The number of carbonyl (C=O) groups is 1. The zero-order valence-corrected chi connectivity index (χ0v) is 14.9. The largest absolute Gasteiger partial charge is 0.492 e. The second-order valence-corrected chi connectivity index (χ2v) is 8.55. The first kappa shape index (κ1) is 18.7. The molecule has 1 heterocycles. The van der Waals surface area contributed by atoms with E-state index < -0.39 is 9.84 Å². The van der Waals surface area contributed by atoms with Crippen LogP contribution in [0.3, 0.4) is 0 Å². The average molecular weight is 354 g/mol. The van der Waals surface area contributed by atoms with Crippen molar-refractivity contribution >= 4 is 21.4 Å². The third-order valence-corrected chi connectivity index (χ3v) is 4.99. The molecule has 1 aromatic carbocycles. The molecule has 0 saturated carbocycles. The van der Waals surface area contributed by atoms with Crippen molar-refractivity contribution in [3.8, 4) is 5.75 Å². The first-order valence-corrected chi connectivity index (χ1v) is 10.4. The van der Waals surface area contributed by atoms with Gasteiger partial charge in [0.2, 0.25) is 5.91 Å². The van der Waals surface area contributed by atoms with Gasteiger partial charge in [0.05, 0.1) is 5.75 Å². The van der Waals surface area contributed by atoms with E-state index in [1.807, 2.05) is 0 Å². The van der Waals surface area contributed by atoms with Crippen molar-refractivity contribution in [1.29, 1.82) is 0 Å². The Morgan fingerprint density at radius 3 is 2.79 bits per heavy atom. The summed E-state index contributed by atoms with van der Waals surface area (Å²) in [4.78, 5) is 12.1. The highest BCUT2D eigenvalue weighted by Gasteiger charge is 2.14. The molecule has 6 nitrogen and oxygen atoms in total. The Kier molecular flexibility index (Phi) is 7.05. The second kappa shape index (κ2) is 9.03. The molecule has 0 bridgehead atoms. The fourth-order valence-electron chi connectivity index (χ4n) is 2.70. The highest BCUT2D eigenvalue weighted by molar-refractivity contribution is 7.90. The minimum absolute atomic E-state index is 0.00168. The molecule has 7 heteroatoms. The number of ether oxygens (including phenoxy) is 1. The lowest BCUT2D eigenvalue weighted by Crippen LogP contribution is -2.28. The Morgan fingerprint density at radius 2 is 2.08 bits per heavy atom. The highest BCUT2D eigenvalue weighted by Crippen LogP contribution is 2.20. The lowest BCUT2D eigenvalue weighted by molar-refractivity contribution is -0.116. The predicted octanol–water partition coefficient (Wildman–Crippen LogP) is 1.83. The molecule has 1 saturated heterocycles. The van der Waals surface area contributed by atoms with Gasteiger partial charge in [0.25, 0.3) is 0 Å². The summed E-state index contributed by atoms with van der Waals surface area (Å²) in [6.07, 6.45) is 4.88. The molecule has 1 aliphatic heterocycles. The molecule has 1 amide bonds. The number of carbonyl (C=O) groups excluding carboxylic acids is 1. The van der Waals surface area contributed by atoms with Gasteiger partial charge >= 0.3 is 0 Å². The highest BCUT2D eigenvalue weighted by atomic mass is 32.2. The molecule has 0 aliphatic carbocycles. The number of hydrogen-bond acceptors (Lipinski definition) is 5. The molecule has 0 spiro atoms. The number of nitrogens with one attached hydrogen (secondary N) is 2. The monoisotopic (exact) mass is 354 g/mol. The van der Waals surface area contributed by atoms with Crippen LogP contribution in [0.5, 0.6) is 5.75 Å². The van der Waals surface area contributed by atoms with Crippen LogP contribution in [-0.4, -0.2) is 46.0 Å². The van der Waals surface area contributed by atoms with Crippen molar-refractivity contribution in [2.24, 2.45) is 5.92 Å². The van der Waals surface area contributed by atoms with Gasteiger partial charge in [-0.3, -0.25) is 4.79 Å². The molecular weight excluding hydrogens is 328 g/mol. The normalized spacial score (nSPS) is 15.9. The van der Waals surface area contributed by atoms with Crippen LogP contribution in [-0.2, 0) is 14.6 Å². The first-order chi connectivity index (χ1) is 11.4. The van der Waals surface area contributed by atoms with E-state index in [4.69, 9.17) is 4.74 Å². The van der Waals surface area contributed by atoms with Crippen LogP contribution in [0.2, 0.25) is 0 Å². The van der Waals surface area contributed by atoms with Crippen molar-refractivity contribution in [2.75, 3.05) is 37.0 Å². The summed E-state index contributed by atoms with van der Waals surface area (Å²) >= 11 is 0. The van der Waals surface area contributed by atoms with E-state index in [9.17, 15) is 13.2 Å². The number of hydrogen-bond donors (Lipinski definition) is 2. The van der Waals surface area contributed by atoms with Crippen LogP contribution < -0.4 is 15.4 Å². The standard InChI is InChI=1S/C17H26N2O4S/c1-24(21,22)12-11-23-16-4-2-3-15(13-16)19-17(20)6-5-14-7-9-18-10-8-14/h2-4,13-14,18H,5-12H2,1H3,(H,19,20). The molecule has 24 heavy (non-hydrogen) atoms. The maximum absolute atomic E-state index is 12.1. The average Bonchev–Trinajstić information content (AvgIpc) is 2.53. The van der Waals surface area contributed by atoms with Gasteiger partial charge in [-0.05, 0) is 50.4 Å². The Labute approximate surface area is 143 Å².